The molecule has 4 nitrogen and oxygen atoms in total. The van der Waals surface area contributed by atoms with E-state index in [1.807, 2.05) is 5.38 Å². The molecule has 2 aromatic rings. The highest BCUT2D eigenvalue weighted by Gasteiger charge is 2.38. The highest BCUT2D eigenvalue weighted by molar-refractivity contribution is 7.89. The Morgan fingerprint density at radius 3 is 2.77 bits per heavy atom. The molecule has 0 aliphatic heterocycles. The van der Waals surface area contributed by atoms with Gasteiger partial charge in [-0.2, -0.15) is 4.31 Å². The summed E-state index contributed by atoms with van der Waals surface area (Å²) in [5, 5.41) is 2.81. The lowest BCUT2D eigenvalue weighted by Crippen LogP contribution is -2.35. The maximum absolute atomic E-state index is 13.2. The normalized spacial score (nSPS) is 15.4. The van der Waals surface area contributed by atoms with Gasteiger partial charge in [0.1, 0.15) is 5.82 Å². The number of aryl methyl sites for hydroxylation is 1. The van der Waals surface area contributed by atoms with E-state index < -0.39 is 15.8 Å². The first-order valence-corrected chi connectivity index (χ1v) is 9.47. The number of halogens is 1. The van der Waals surface area contributed by atoms with E-state index in [2.05, 4.69) is 4.98 Å². The molecule has 0 radical (unpaired) electrons. The lowest BCUT2D eigenvalue weighted by atomic mass is 10.2. The van der Waals surface area contributed by atoms with E-state index in [-0.39, 0.29) is 10.9 Å². The number of rotatable bonds is 6. The summed E-state index contributed by atoms with van der Waals surface area (Å²) in [4.78, 5) is 4.39. The second-order valence-electron chi connectivity index (χ2n) is 5.43. The highest BCUT2D eigenvalue weighted by atomic mass is 32.2. The van der Waals surface area contributed by atoms with Crippen LogP contribution in [0.1, 0.15) is 23.4 Å². The smallest absolute Gasteiger partial charge is 0.243 e. The molecule has 1 aliphatic carbocycles. The van der Waals surface area contributed by atoms with Crippen molar-refractivity contribution in [1.29, 1.82) is 0 Å². The van der Waals surface area contributed by atoms with E-state index in [1.165, 1.54) is 29.5 Å². The number of thiazole rings is 1. The summed E-state index contributed by atoms with van der Waals surface area (Å²) in [6.07, 6.45) is 4.10. The standard InChI is InChI=1S/C15H17FN2O2S2/c1-11-10-12(16)2-5-14(11)22(19,20)18(13-3-4-13)8-6-15-17-7-9-21-15/h2,5,7,9-10,13H,3-4,6,8H2,1H3. The van der Waals surface area contributed by atoms with Gasteiger partial charge < -0.3 is 0 Å². The van der Waals surface area contributed by atoms with Gasteiger partial charge in [0.05, 0.1) is 9.90 Å². The largest absolute Gasteiger partial charge is 0.250 e. The Morgan fingerprint density at radius 2 is 2.18 bits per heavy atom. The molecule has 0 saturated heterocycles. The SMILES string of the molecule is Cc1cc(F)ccc1S(=O)(=O)N(CCc1nccs1)C1CC1. The van der Waals surface area contributed by atoms with Gasteiger partial charge in [-0.15, -0.1) is 11.3 Å². The van der Waals surface area contributed by atoms with E-state index >= 15 is 0 Å². The maximum atomic E-state index is 13.2. The third-order valence-corrected chi connectivity index (χ3v) is 6.66. The number of sulfonamides is 1. The van der Waals surface area contributed by atoms with E-state index in [1.54, 1.807) is 17.4 Å². The fraction of sp³-hybridized carbons (Fsp3) is 0.400. The van der Waals surface area contributed by atoms with E-state index in [0.717, 1.165) is 17.8 Å². The molecule has 1 aromatic carbocycles. The lowest BCUT2D eigenvalue weighted by molar-refractivity contribution is 0.406. The summed E-state index contributed by atoms with van der Waals surface area (Å²) in [6.45, 7) is 2.04. The van der Waals surface area contributed by atoms with Crippen molar-refractivity contribution in [3.8, 4) is 0 Å². The number of hydrogen-bond donors (Lipinski definition) is 0. The second-order valence-corrected chi connectivity index (χ2v) is 8.27. The van der Waals surface area contributed by atoms with Gasteiger partial charge in [0.15, 0.2) is 0 Å². The topological polar surface area (TPSA) is 50.3 Å². The molecule has 1 fully saturated rings. The highest BCUT2D eigenvalue weighted by Crippen LogP contribution is 2.33. The van der Waals surface area contributed by atoms with Crippen LogP contribution in [0.4, 0.5) is 4.39 Å². The summed E-state index contributed by atoms with van der Waals surface area (Å²) in [6, 6.07) is 3.89. The van der Waals surface area contributed by atoms with Gasteiger partial charge in [-0.05, 0) is 43.5 Å². The van der Waals surface area contributed by atoms with Crippen LogP contribution in [0.3, 0.4) is 0 Å². The van der Waals surface area contributed by atoms with Crippen molar-refractivity contribution in [2.75, 3.05) is 6.54 Å². The quantitative estimate of drug-likeness (QED) is 0.812. The van der Waals surface area contributed by atoms with Crippen LogP contribution in [0, 0.1) is 12.7 Å². The maximum Gasteiger partial charge on any atom is 0.243 e. The van der Waals surface area contributed by atoms with Crippen molar-refractivity contribution < 1.29 is 12.8 Å². The van der Waals surface area contributed by atoms with Gasteiger partial charge >= 0.3 is 0 Å². The Kier molecular flexibility index (Phi) is 4.29. The molecule has 1 saturated carbocycles. The van der Waals surface area contributed by atoms with Crippen LogP contribution in [-0.2, 0) is 16.4 Å². The molecule has 3 rings (SSSR count). The van der Waals surface area contributed by atoms with Gasteiger partial charge in [-0.25, -0.2) is 17.8 Å². The first-order valence-electron chi connectivity index (χ1n) is 7.15. The van der Waals surface area contributed by atoms with Crippen molar-refractivity contribution in [3.63, 3.8) is 0 Å². The number of hydrogen-bond acceptors (Lipinski definition) is 4. The fourth-order valence-corrected chi connectivity index (χ4v) is 4.98. The average molecular weight is 340 g/mol. The zero-order chi connectivity index (χ0) is 15.7. The van der Waals surface area contributed by atoms with Crippen LogP contribution in [-0.4, -0.2) is 30.3 Å². The van der Waals surface area contributed by atoms with E-state index in [9.17, 15) is 12.8 Å². The van der Waals surface area contributed by atoms with Crippen molar-refractivity contribution in [1.82, 2.24) is 9.29 Å². The molecule has 1 aromatic heterocycles. The van der Waals surface area contributed by atoms with Crippen LogP contribution in [0.2, 0.25) is 0 Å². The molecule has 118 valence electrons. The molecule has 0 atom stereocenters. The van der Waals surface area contributed by atoms with E-state index in [4.69, 9.17) is 0 Å². The number of nitrogens with zero attached hydrogens (tertiary/aromatic N) is 2. The van der Waals surface area contributed by atoms with Gasteiger partial charge in [0.25, 0.3) is 0 Å². The minimum absolute atomic E-state index is 0.0643. The summed E-state index contributed by atoms with van der Waals surface area (Å²) >= 11 is 1.53. The van der Waals surface area contributed by atoms with Crippen molar-refractivity contribution in [2.24, 2.45) is 0 Å². The molecule has 1 heterocycles. The van der Waals surface area contributed by atoms with Gasteiger partial charge in [-0.1, -0.05) is 0 Å². The molecular weight excluding hydrogens is 323 g/mol. The summed E-state index contributed by atoms with van der Waals surface area (Å²) in [5.41, 5.74) is 0.444. The van der Waals surface area contributed by atoms with Crippen LogP contribution >= 0.6 is 11.3 Å². The van der Waals surface area contributed by atoms with Gasteiger partial charge in [-0.3, -0.25) is 0 Å². The van der Waals surface area contributed by atoms with Crippen LogP contribution in [0.5, 0.6) is 0 Å². The van der Waals surface area contributed by atoms with Gasteiger partial charge in [0.2, 0.25) is 10.0 Å². The molecular formula is C15H17FN2O2S2. The third-order valence-electron chi connectivity index (χ3n) is 3.71. The minimum atomic E-state index is -3.59. The van der Waals surface area contributed by atoms with Crippen molar-refractivity contribution >= 4 is 21.4 Å². The average Bonchev–Trinajstić information content (AvgIpc) is 3.13. The second kappa shape index (κ2) is 6.06. The number of aromatic nitrogens is 1. The van der Waals surface area contributed by atoms with Crippen molar-refractivity contribution in [2.45, 2.75) is 37.1 Å². The predicted octanol–water partition coefficient (Wildman–Crippen LogP) is 2.99. The Hall–Kier alpha value is -1.31. The van der Waals surface area contributed by atoms with E-state index in [0.29, 0.717) is 18.5 Å². The molecule has 1 aliphatic rings. The first kappa shape index (κ1) is 15.6. The zero-order valence-corrected chi connectivity index (χ0v) is 13.8. The lowest BCUT2D eigenvalue weighted by Gasteiger charge is -2.22. The Morgan fingerprint density at radius 1 is 1.41 bits per heavy atom. The molecule has 0 spiro atoms. The Balaban J connectivity index is 1.86. The van der Waals surface area contributed by atoms with Gasteiger partial charge in [0, 0.05) is 30.6 Å². The molecule has 0 bridgehead atoms. The molecule has 7 heteroatoms. The van der Waals surface area contributed by atoms with Crippen LogP contribution < -0.4 is 0 Å². The Labute approximate surface area is 133 Å². The minimum Gasteiger partial charge on any atom is -0.250 e. The summed E-state index contributed by atoms with van der Waals surface area (Å²) < 4.78 is 40.6. The van der Waals surface area contributed by atoms with Crippen molar-refractivity contribution in [3.05, 3.63) is 46.2 Å². The third kappa shape index (κ3) is 3.21. The molecule has 22 heavy (non-hydrogen) atoms. The summed E-state index contributed by atoms with van der Waals surface area (Å²) in [7, 11) is -3.59. The molecule has 0 N–H and O–H groups in total. The fourth-order valence-electron chi connectivity index (χ4n) is 2.47. The number of benzene rings is 1. The van der Waals surface area contributed by atoms with Crippen LogP contribution in [0.15, 0.2) is 34.7 Å². The first-order chi connectivity index (χ1) is 10.5. The monoisotopic (exact) mass is 340 g/mol. The molecule has 0 unspecified atom stereocenters. The molecule has 0 amide bonds. The Bertz CT molecular complexity index is 756. The van der Waals surface area contributed by atoms with Crippen LogP contribution in [0.25, 0.3) is 0 Å². The predicted molar refractivity (Wildman–Crippen MR) is 83.9 cm³/mol. The summed E-state index contributed by atoms with van der Waals surface area (Å²) in [5.74, 6) is -0.419. The zero-order valence-electron chi connectivity index (χ0n) is 12.2.